The highest BCUT2D eigenvalue weighted by Crippen LogP contribution is 2.20. The summed E-state index contributed by atoms with van der Waals surface area (Å²) in [5, 5.41) is 2.90. The molecular weight excluding hydrogens is 469 g/mol. The molecule has 0 aliphatic rings. The molecule has 0 heterocycles. The number of rotatable bonds is 12. The third-order valence-corrected chi connectivity index (χ3v) is 6.71. The standard InChI is InChI=1S/C26H36FN3O4S/c1-6-24(26(32)28-19(2)3)29(18-21-10-7-9-20(4)17-21)25(31)11-8-16-30(35(5,33)34)23-14-12-22(27)13-15-23/h7,9-10,12-15,17,19,24H,6,8,11,16,18H2,1-5H3,(H,28,32)/t24-/m0/s1. The van der Waals surface area contributed by atoms with Crippen LogP contribution in [-0.4, -0.2) is 50.0 Å². The molecule has 2 aromatic carbocycles. The highest BCUT2D eigenvalue weighted by Gasteiger charge is 2.29. The summed E-state index contributed by atoms with van der Waals surface area (Å²) in [4.78, 5) is 27.8. The van der Waals surface area contributed by atoms with Crippen molar-refractivity contribution < 1.29 is 22.4 Å². The van der Waals surface area contributed by atoms with Crippen LogP contribution in [0.1, 0.15) is 51.2 Å². The van der Waals surface area contributed by atoms with E-state index in [4.69, 9.17) is 0 Å². The molecule has 0 spiro atoms. The summed E-state index contributed by atoms with van der Waals surface area (Å²) < 4.78 is 39.1. The first-order valence-electron chi connectivity index (χ1n) is 11.8. The van der Waals surface area contributed by atoms with Gasteiger partial charge in [-0.3, -0.25) is 13.9 Å². The monoisotopic (exact) mass is 505 g/mol. The zero-order chi connectivity index (χ0) is 26.2. The zero-order valence-corrected chi connectivity index (χ0v) is 21.9. The first-order valence-corrected chi connectivity index (χ1v) is 13.7. The van der Waals surface area contributed by atoms with E-state index in [9.17, 15) is 22.4 Å². The number of hydrogen-bond donors (Lipinski definition) is 1. The molecule has 0 fully saturated rings. The minimum Gasteiger partial charge on any atom is -0.352 e. The van der Waals surface area contributed by atoms with Gasteiger partial charge in [-0.15, -0.1) is 0 Å². The molecule has 0 aliphatic heterocycles. The molecule has 9 heteroatoms. The fourth-order valence-corrected chi connectivity index (χ4v) is 4.88. The van der Waals surface area contributed by atoms with Crippen molar-refractivity contribution >= 4 is 27.5 Å². The van der Waals surface area contributed by atoms with Crippen LogP contribution in [0, 0.1) is 12.7 Å². The molecule has 2 amide bonds. The molecule has 0 bridgehead atoms. The van der Waals surface area contributed by atoms with Crippen molar-refractivity contribution in [2.45, 2.75) is 65.6 Å². The smallest absolute Gasteiger partial charge is 0.243 e. The number of nitrogens with zero attached hydrogens (tertiary/aromatic N) is 2. The Bertz CT molecular complexity index is 1100. The van der Waals surface area contributed by atoms with Gasteiger partial charge in [-0.25, -0.2) is 12.8 Å². The number of benzene rings is 2. The van der Waals surface area contributed by atoms with Crippen LogP contribution >= 0.6 is 0 Å². The van der Waals surface area contributed by atoms with Gasteiger partial charge >= 0.3 is 0 Å². The summed E-state index contributed by atoms with van der Waals surface area (Å²) in [7, 11) is -3.63. The van der Waals surface area contributed by atoms with E-state index in [1.54, 1.807) is 4.90 Å². The number of hydrogen-bond acceptors (Lipinski definition) is 4. The molecule has 0 radical (unpaired) electrons. The minimum atomic E-state index is -3.63. The van der Waals surface area contributed by atoms with Crippen molar-refractivity contribution in [2.75, 3.05) is 17.1 Å². The number of carbonyl (C=O) groups excluding carboxylic acids is 2. The number of carbonyl (C=O) groups is 2. The minimum absolute atomic E-state index is 0.0590. The Hall–Kier alpha value is -2.94. The lowest BCUT2D eigenvalue weighted by atomic mass is 10.1. The van der Waals surface area contributed by atoms with Gasteiger partial charge in [0, 0.05) is 25.6 Å². The van der Waals surface area contributed by atoms with E-state index in [1.165, 1.54) is 24.3 Å². The van der Waals surface area contributed by atoms with Crippen molar-refractivity contribution in [3.05, 3.63) is 65.5 Å². The maximum absolute atomic E-state index is 13.4. The summed E-state index contributed by atoms with van der Waals surface area (Å²) in [6, 6.07) is 12.2. The van der Waals surface area contributed by atoms with Crippen molar-refractivity contribution in [1.82, 2.24) is 10.2 Å². The van der Waals surface area contributed by atoms with E-state index in [2.05, 4.69) is 5.32 Å². The third-order valence-electron chi connectivity index (χ3n) is 5.52. The summed E-state index contributed by atoms with van der Waals surface area (Å²) in [5.41, 5.74) is 2.30. The molecule has 0 aliphatic carbocycles. The van der Waals surface area contributed by atoms with Crippen LogP contribution in [0.15, 0.2) is 48.5 Å². The second kappa shape index (κ2) is 12.7. The highest BCUT2D eigenvalue weighted by molar-refractivity contribution is 7.92. The third kappa shape index (κ3) is 8.65. The molecule has 7 nitrogen and oxygen atoms in total. The molecule has 2 rings (SSSR count). The van der Waals surface area contributed by atoms with Gasteiger partial charge in [0.05, 0.1) is 11.9 Å². The predicted octanol–water partition coefficient (Wildman–Crippen LogP) is 4.01. The van der Waals surface area contributed by atoms with Gasteiger partial charge in [0.2, 0.25) is 21.8 Å². The summed E-state index contributed by atoms with van der Waals surface area (Å²) in [5.74, 6) is -0.910. The molecule has 1 N–H and O–H groups in total. The van der Waals surface area contributed by atoms with Gasteiger partial charge in [0.15, 0.2) is 0 Å². The van der Waals surface area contributed by atoms with Crippen molar-refractivity contribution in [2.24, 2.45) is 0 Å². The Labute approximate surface area is 208 Å². The van der Waals surface area contributed by atoms with E-state index in [0.29, 0.717) is 12.1 Å². The first kappa shape index (κ1) is 28.3. The zero-order valence-electron chi connectivity index (χ0n) is 21.1. The number of amides is 2. The van der Waals surface area contributed by atoms with Gasteiger partial charge in [-0.05, 0) is 63.4 Å². The number of anilines is 1. The Balaban J connectivity index is 2.21. The van der Waals surface area contributed by atoms with E-state index < -0.39 is 21.9 Å². The molecule has 2 aromatic rings. The fourth-order valence-electron chi connectivity index (χ4n) is 3.92. The molecular formula is C26H36FN3O4S. The van der Waals surface area contributed by atoms with Crippen molar-refractivity contribution in [1.29, 1.82) is 0 Å². The molecule has 0 aromatic heterocycles. The molecule has 1 atom stereocenters. The molecule has 0 unspecified atom stereocenters. The van der Waals surface area contributed by atoms with Crippen LogP contribution in [0.2, 0.25) is 0 Å². The molecule has 0 saturated heterocycles. The summed E-state index contributed by atoms with van der Waals surface area (Å²) >= 11 is 0. The molecule has 0 saturated carbocycles. The van der Waals surface area contributed by atoms with Gasteiger partial charge in [-0.2, -0.15) is 0 Å². The van der Waals surface area contributed by atoms with E-state index in [1.807, 2.05) is 52.0 Å². The highest BCUT2D eigenvalue weighted by atomic mass is 32.2. The van der Waals surface area contributed by atoms with Crippen molar-refractivity contribution in [3.8, 4) is 0 Å². The number of nitrogens with one attached hydrogen (secondary N) is 1. The number of halogens is 1. The Morgan fingerprint density at radius 2 is 1.74 bits per heavy atom. The van der Waals surface area contributed by atoms with Crippen LogP contribution in [-0.2, 0) is 26.2 Å². The van der Waals surface area contributed by atoms with Crippen molar-refractivity contribution in [3.63, 3.8) is 0 Å². The predicted molar refractivity (Wildman–Crippen MR) is 137 cm³/mol. The maximum Gasteiger partial charge on any atom is 0.243 e. The summed E-state index contributed by atoms with van der Waals surface area (Å²) in [6.45, 7) is 7.90. The quantitative estimate of drug-likeness (QED) is 0.472. The lowest BCUT2D eigenvalue weighted by Crippen LogP contribution is -2.50. The maximum atomic E-state index is 13.4. The van der Waals surface area contributed by atoms with E-state index in [-0.39, 0.29) is 43.8 Å². The topological polar surface area (TPSA) is 86.8 Å². The second-order valence-corrected chi connectivity index (χ2v) is 10.9. The number of sulfonamides is 1. The largest absolute Gasteiger partial charge is 0.352 e. The Morgan fingerprint density at radius 3 is 2.29 bits per heavy atom. The van der Waals surface area contributed by atoms with Gasteiger partial charge < -0.3 is 10.2 Å². The Kier molecular flexibility index (Phi) is 10.2. The van der Waals surface area contributed by atoms with Gasteiger partial charge in [0.1, 0.15) is 11.9 Å². The van der Waals surface area contributed by atoms with Gasteiger partial charge in [0.25, 0.3) is 0 Å². The lowest BCUT2D eigenvalue weighted by Gasteiger charge is -2.31. The van der Waals surface area contributed by atoms with E-state index >= 15 is 0 Å². The van der Waals surface area contributed by atoms with Crippen LogP contribution < -0.4 is 9.62 Å². The van der Waals surface area contributed by atoms with Crippen LogP contribution in [0.3, 0.4) is 0 Å². The fraction of sp³-hybridized carbons (Fsp3) is 0.462. The average molecular weight is 506 g/mol. The Morgan fingerprint density at radius 1 is 1.09 bits per heavy atom. The van der Waals surface area contributed by atoms with E-state index in [0.717, 1.165) is 21.7 Å². The summed E-state index contributed by atoms with van der Waals surface area (Å²) in [6.07, 6.45) is 1.83. The molecule has 192 valence electrons. The molecule has 35 heavy (non-hydrogen) atoms. The van der Waals surface area contributed by atoms with Crippen LogP contribution in [0.5, 0.6) is 0 Å². The SMILES string of the molecule is CC[C@@H](C(=O)NC(C)C)N(Cc1cccc(C)c1)C(=O)CCCN(c1ccc(F)cc1)S(C)(=O)=O. The lowest BCUT2D eigenvalue weighted by molar-refractivity contribution is -0.141. The normalized spacial score (nSPS) is 12.3. The van der Waals surface area contributed by atoms with Crippen LogP contribution in [0.4, 0.5) is 10.1 Å². The second-order valence-electron chi connectivity index (χ2n) is 9.01. The van der Waals surface area contributed by atoms with Gasteiger partial charge in [-0.1, -0.05) is 36.8 Å². The average Bonchev–Trinajstić information content (AvgIpc) is 2.76. The first-order chi connectivity index (χ1) is 16.4. The van der Waals surface area contributed by atoms with Crippen LogP contribution in [0.25, 0.3) is 0 Å². The number of aryl methyl sites for hydroxylation is 1.